The smallest absolute Gasteiger partial charge is 0.133 e. The van der Waals surface area contributed by atoms with Crippen molar-refractivity contribution in [3.05, 3.63) is 33.8 Å². The van der Waals surface area contributed by atoms with Gasteiger partial charge in [-0.25, -0.2) is 0 Å². The molecule has 0 fully saturated rings. The Balaban J connectivity index is 2.52. The molecule has 1 aliphatic rings. The quantitative estimate of drug-likeness (QED) is 0.729. The van der Waals surface area contributed by atoms with Crippen LogP contribution in [0.3, 0.4) is 0 Å². The van der Waals surface area contributed by atoms with Crippen molar-refractivity contribution in [1.29, 1.82) is 0 Å². The van der Waals surface area contributed by atoms with Crippen molar-refractivity contribution >= 4 is 22.0 Å². The fourth-order valence-corrected chi connectivity index (χ4v) is 2.14. The molecule has 0 spiro atoms. The van der Waals surface area contributed by atoms with E-state index < -0.39 is 0 Å². The van der Waals surface area contributed by atoms with Gasteiger partial charge in [0, 0.05) is 0 Å². The highest BCUT2D eigenvalue weighted by molar-refractivity contribution is 9.10. The molecule has 1 aromatic rings. The molecule has 1 nitrogen and oxygen atoms in total. The van der Waals surface area contributed by atoms with Gasteiger partial charge in [0.2, 0.25) is 0 Å². The van der Waals surface area contributed by atoms with Crippen LogP contribution in [-0.2, 0) is 6.42 Å². The van der Waals surface area contributed by atoms with Crippen LogP contribution in [0, 0.1) is 0 Å². The monoisotopic (exact) mass is 238 g/mol. The Kier molecular flexibility index (Phi) is 2.40. The Morgan fingerprint density at radius 1 is 1.38 bits per heavy atom. The van der Waals surface area contributed by atoms with Gasteiger partial charge >= 0.3 is 0 Å². The molecular formula is C11H11BrO. The van der Waals surface area contributed by atoms with Gasteiger partial charge in [-0.05, 0) is 52.0 Å². The van der Waals surface area contributed by atoms with Crippen LogP contribution in [0.25, 0.3) is 6.08 Å². The average molecular weight is 239 g/mol. The van der Waals surface area contributed by atoms with Crippen LogP contribution in [0.4, 0.5) is 0 Å². The minimum atomic E-state index is 0.908. The van der Waals surface area contributed by atoms with E-state index in [4.69, 9.17) is 4.74 Å². The summed E-state index contributed by atoms with van der Waals surface area (Å²) in [5.74, 6) is 0.908. The summed E-state index contributed by atoms with van der Waals surface area (Å²) >= 11 is 3.49. The largest absolute Gasteiger partial charge is 0.496 e. The first-order valence-electron chi connectivity index (χ1n) is 4.34. The lowest BCUT2D eigenvalue weighted by molar-refractivity contribution is 0.412. The number of allylic oxidation sites excluding steroid dienone is 1. The number of hydrogen-bond donors (Lipinski definition) is 0. The van der Waals surface area contributed by atoms with Gasteiger partial charge in [0.05, 0.1) is 11.6 Å². The molecule has 0 radical (unpaired) electrons. The van der Waals surface area contributed by atoms with Gasteiger partial charge in [0.1, 0.15) is 5.75 Å². The lowest BCUT2D eigenvalue weighted by Gasteiger charge is -2.13. The molecule has 0 heterocycles. The summed E-state index contributed by atoms with van der Waals surface area (Å²) < 4.78 is 6.28. The van der Waals surface area contributed by atoms with Crippen molar-refractivity contribution in [2.45, 2.75) is 12.8 Å². The topological polar surface area (TPSA) is 9.23 Å². The summed E-state index contributed by atoms with van der Waals surface area (Å²) in [5, 5.41) is 0. The third kappa shape index (κ3) is 1.63. The number of methoxy groups -OCH3 is 1. The fourth-order valence-electron chi connectivity index (χ4n) is 1.59. The molecule has 1 aromatic carbocycles. The standard InChI is InChI=1S/C11H11BrO/c1-13-11-7-9-5-3-2-4-8(9)6-10(11)12/h3,5-7H,2,4H2,1H3. The van der Waals surface area contributed by atoms with Crippen LogP contribution < -0.4 is 4.74 Å². The van der Waals surface area contributed by atoms with Crippen LogP contribution in [-0.4, -0.2) is 7.11 Å². The molecule has 0 saturated heterocycles. The Morgan fingerprint density at radius 2 is 2.23 bits per heavy atom. The van der Waals surface area contributed by atoms with Crippen LogP contribution >= 0.6 is 15.9 Å². The zero-order valence-corrected chi connectivity index (χ0v) is 9.10. The number of aryl methyl sites for hydroxylation is 1. The second-order valence-electron chi connectivity index (χ2n) is 3.13. The number of benzene rings is 1. The second-order valence-corrected chi connectivity index (χ2v) is 3.98. The van der Waals surface area contributed by atoms with Crippen molar-refractivity contribution in [3.8, 4) is 5.75 Å². The normalized spacial score (nSPS) is 14.0. The number of hydrogen-bond acceptors (Lipinski definition) is 1. The molecule has 1 aliphatic carbocycles. The summed E-state index contributed by atoms with van der Waals surface area (Å²) in [6, 6.07) is 4.23. The minimum Gasteiger partial charge on any atom is -0.496 e. The zero-order valence-electron chi connectivity index (χ0n) is 7.51. The fraction of sp³-hybridized carbons (Fsp3) is 0.273. The van der Waals surface area contributed by atoms with Crippen LogP contribution in [0.15, 0.2) is 22.7 Å². The number of rotatable bonds is 1. The number of fused-ring (bicyclic) bond motifs is 1. The molecule has 2 rings (SSSR count). The maximum atomic E-state index is 5.23. The molecule has 0 amide bonds. The predicted octanol–water partition coefficient (Wildman–Crippen LogP) is 3.42. The second kappa shape index (κ2) is 3.54. The first-order valence-corrected chi connectivity index (χ1v) is 5.13. The van der Waals surface area contributed by atoms with Crippen molar-refractivity contribution in [2.24, 2.45) is 0 Å². The van der Waals surface area contributed by atoms with Crippen LogP contribution in [0.2, 0.25) is 0 Å². The Morgan fingerprint density at radius 3 is 3.00 bits per heavy atom. The predicted molar refractivity (Wildman–Crippen MR) is 58.0 cm³/mol. The summed E-state index contributed by atoms with van der Waals surface area (Å²) in [4.78, 5) is 0. The van der Waals surface area contributed by atoms with E-state index in [0.717, 1.165) is 23.1 Å². The van der Waals surface area contributed by atoms with Gasteiger partial charge in [-0.2, -0.15) is 0 Å². The van der Waals surface area contributed by atoms with Gasteiger partial charge in [0.25, 0.3) is 0 Å². The summed E-state index contributed by atoms with van der Waals surface area (Å²) in [6.07, 6.45) is 6.64. The highest BCUT2D eigenvalue weighted by Gasteiger charge is 2.08. The van der Waals surface area contributed by atoms with Crippen LogP contribution in [0.5, 0.6) is 5.75 Å². The average Bonchev–Trinajstić information content (AvgIpc) is 2.17. The molecule has 0 aromatic heterocycles. The molecule has 0 bridgehead atoms. The molecule has 2 heteroatoms. The van der Waals surface area contributed by atoms with Crippen LogP contribution in [0.1, 0.15) is 17.5 Å². The highest BCUT2D eigenvalue weighted by Crippen LogP contribution is 2.31. The first kappa shape index (κ1) is 8.82. The lowest BCUT2D eigenvalue weighted by atomic mass is 9.97. The number of halogens is 1. The van der Waals surface area contributed by atoms with Gasteiger partial charge in [-0.15, -0.1) is 0 Å². The van der Waals surface area contributed by atoms with E-state index in [1.54, 1.807) is 7.11 Å². The molecule has 0 atom stereocenters. The lowest BCUT2D eigenvalue weighted by Crippen LogP contribution is -1.95. The molecule has 0 N–H and O–H groups in total. The summed E-state index contributed by atoms with van der Waals surface area (Å²) in [6.45, 7) is 0. The highest BCUT2D eigenvalue weighted by atomic mass is 79.9. The van der Waals surface area contributed by atoms with E-state index in [0.29, 0.717) is 0 Å². The summed E-state index contributed by atoms with van der Waals surface area (Å²) in [5.41, 5.74) is 2.68. The van der Waals surface area contributed by atoms with Gasteiger partial charge < -0.3 is 4.74 Å². The molecule has 68 valence electrons. The third-order valence-corrected chi connectivity index (χ3v) is 2.91. The van der Waals surface area contributed by atoms with Crippen molar-refractivity contribution < 1.29 is 4.74 Å². The Labute approximate surface area is 86.5 Å². The van der Waals surface area contributed by atoms with Crippen molar-refractivity contribution in [2.75, 3.05) is 7.11 Å². The molecule has 13 heavy (non-hydrogen) atoms. The van der Waals surface area contributed by atoms with E-state index in [-0.39, 0.29) is 0 Å². The summed E-state index contributed by atoms with van der Waals surface area (Å²) in [7, 11) is 1.69. The first-order chi connectivity index (χ1) is 6.31. The van der Waals surface area contributed by atoms with Gasteiger partial charge in [0.15, 0.2) is 0 Å². The van der Waals surface area contributed by atoms with E-state index in [2.05, 4.69) is 40.2 Å². The SMILES string of the molecule is COc1cc2c(cc1Br)CCC=C2. The molecular weight excluding hydrogens is 228 g/mol. The van der Waals surface area contributed by atoms with E-state index in [9.17, 15) is 0 Å². The van der Waals surface area contributed by atoms with Gasteiger partial charge in [-0.1, -0.05) is 12.2 Å². The number of ether oxygens (including phenoxy) is 1. The maximum Gasteiger partial charge on any atom is 0.133 e. The zero-order chi connectivity index (χ0) is 9.26. The maximum absolute atomic E-state index is 5.23. The van der Waals surface area contributed by atoms with Gasteiger partial charge in [-0.3, -0.25) is 0 Å². The van der Waals surface area contributed by atoms with E-state index in [1.807, 2.05) is 0 Å². The van der Waals surface area contributed by atoms with Crippen molar-refractivity contribution in [1.82, 2.24) is 0 Å². The molecule has 0 unspecified atom stereocenters. The Hall–Kier alpha value is -0.760. The van der Waals surface area contributed by atoms with Crippen molar-refractivity contribution in [3.63, 3.8) is 0 Å². The van der Waals surface area contributed by atoms with E-state index in [1.165, 1.54) is 11.1 Å². The molecule has 0 aliphatic heterocycles. The third-order valence-electron chi connectivity index (χ3n) is 2.29. The minimum absolute atomic E-state index is 0.908. The Bertz CT molecular complexity index is 355. The molecule has 0 saturated carbocycles. The van der Waals surface area contributed by atoms with E-state index >= 15 is 0 Å².